The molecule has 0 atom stereocenters. The molecule has 2 rings (SSSR count). The van der Waals surface area contributed by atoms with Gasteiger partial charge in [0, 0.05) is 6.21 Å². The molecule has 2 aromatic rings. The van der Waals surface area contributed by atoms with Crippen LogP contribution < -0.4 is 9.47 Å². The maximum absolute atomic E-state index is 6.15. The summed E-state index contributed by atoms with van der Waals surface area (Å²) in [5, 5.41) is 0.497. The van der Waals surface area contributed by atoms with E-state index in [9.17, 15) is 0 Å². The van der Waals surface area contributed by atoms with Crippen molar-refractivity contribution in [1.29, 1.82) is 0 Å². The highest BCUT2D eigenvalue weighted by Gasteiger charge is 2.09. The van der Waals surface area contributed by atoms with Crippen molar-refractivity contribution in [3.8, 4) is 11.5 Å². The van der Waals surface area contributed by atoms with Crippen LogP contribution in [-0.4, -0.2) is 20.4 Å². The van der Waals surface area contributed by atoms with Gasteiger partial charge in [0.25, 0.3) is 0 Å². The fourth-order valence-corrected chi connectivity index (χ4v) is 2.09. The number of methoxy groups -OCH3 is 2. The summed E-state index contributed by atoms with van der Waals surface area (Å²) in [6.07, 6.45) is 1.75. The molecule has 20 heavy (non-hydrogen) atoms. The van der Waals surface area contributed by atoms with E-state index >= 15 is 0 Å². The van der Waals surface area contributed by atoms with Crippen molar-refractivity contribution in [3.63, 3.8) is 0 Å². The van der Waals surface area contributed by atoms with Crippen molar-refractivity contribution in [3.05, 3.63) is 52.5 Å². The molecule has 0 aliphatic heterocycles. The molecular weight excluding hydrogens is 274 g/mol. The minimum atomic E-state index is 0.497. The molecule has 0 bridgehead atoms. The molecule has 0 aliphatic rings. The van der Waals surface area contributed by atoms with Gasteiger partial charge in [0.1, 0.15) is 0 Å². The van der Waals surface area contributed by atoms with Crippen molar-refractivity contribution >= 4 is 23.5 Å². The summed E-state index contributed by atoms with van der Waals surface area (Å²) in [4.78, 5) is 4.41. The number of ether oxygens (including phenoxy) is 2. The van der Waals surface area contributed by atoms with E-state index in [4.69, 9.17) is 21.1 Å². The van der Waals surface area contributed by atoms with Gasteiger partial charge in [-0.25, -0.2) is 0 Å². The van der Waals surface area contributed by atoms with E-state index in [0.717, 1.165) is 11.3 Å². The van der Waals surface area contributed by atoms with Gasteiger partial charge in [-0.15, -0.1) is 0 Å². The van der Waals surface area contributed by atoms with Gasteiger partial charge in [0.15, 0.2) is 11.5 Å². The molecule has 0 radical (unpaired) electrons. The molecule has 0 aliphatic carbocycles. The maximum Gasteiger partial charge on any atom is 0.179 e. The topological polar surface area (TPSA) is 30.8 Å². The van der Waals surface area contributed by atoms with Crippen molar-refractivity contribution in [2.24, 2.45) is 4.99 Å². The predicted octanol–water partition coefficient (Wildman–Crippen LogP) is 4.42. The molecule has 2 aromatic carbocycles. The summed E-state index contributed by atoms with van der Waals surface area (Å²) in [6.45, 7) is 2.04. The second kappa shape index (κ2) is 6.44. The lowest BCUT2D eigenvalue weighted by Gasteiger charge is -2.09. The number of benzene rings is 2. The second-order valence-corrected chi connectivity index (χ2v) is 4.74. The fraction of sp³-hybridized carbons (Fsp3) is 0.188. The first-order chi connectivity index (χ1) is 9.63. The number of hydrogen-bond donors (Lipinski definition) is 0. The summed E-state index contributed by atoms with van der Waals surface area (Å²) in [7, 11) is 3.14. The van der Waals surface area contributed by atoms with Crippen LogP contribution in [0.1, 0.15) is 11.1 Å². The monoisotopic (exact) mass is 289 g/mol. The molecule has 0 spiro atoms. The van der Waals surface area contributed by atoms with Crippen molar-refractivity contribution < 1.29 is 9.47 Å². The third kappa shape index (κ3) is 3.31. The quantitative estimate of drug-likeness (QED) is 0.780. The van der Waals surface area contributed by atoms with Gasteiger partial charge in [0.2, 0.25) is 0 Å². The molecule has 0 saturated carbocycles. The van der Waals surface area contributed by atoms with Crippen molar-refractivity contribution in [2.45, 2.75) is 6.92 Å². The Labute approximate surface area is 123 Å². The molecule has 104 valence electrons. The van der Waals surface area contributed by atoms with Crippen LogP contribution in [0.3, 0.4) is 0 Å². The van der Waals surface area contributed by atoms with Crippen molar-refractivity contribution in [1.82, 2.24) is 0 Å². The minimum Gasteiger partial charge on any atom is -0.493 e. The van der Waals surface area contributed by atoms with Gasteiger partial charge in [-0.05, 0) is 36.8 Å². The van der Waals surface area contributed by atoms with Crippen LogP contribution in [0.25, 0.3) is 0 Å². The van der Waals surface area contributed by atoms with E-state index in [1.807, 2.05) is 37.3 Å². The van der Waals surface area contributed by atoms with Crippen LogP contribution >= 0.6 is 11.6 Å². The smallest absolute Gasteiger partial charge is 0.179 e. The standard InChI is InChI=1S/C16H16ClNO2/c1-11-4-6-13(7-5-11)18-10-12-8-14(17)16(20-3)15(9-12)19-2/h4-10H,1-3H3. The van der Waals surface area contributed by atoms with Gasteiger partial charge in [-0.2, -0.15) is 0 Å². The van der Waals surface area contributed by atoms with Gasteiger partial charge in [-0.3, -0.25) is 4.99 Å². The van der Waals surface area contributed by atoms with E-state index in [-0.39, 0.29) is 0 Å². The average Bonchev–Trinajstić information content (AvgIpc) is 2.46. The summed E-state index contributed by atoms with van der Waals surface area (Å²) in [5.74, 6) is 1.12. The number of nitrogens with zero attached hydrogens (tertiary/aromatic N) is 1. The zero-order valence-electron chi connectivity index (χ0n) is 11.7. The van der Waals surface area contributed by atoms with Crippen LogP contribution in [0, 0.1) is 6.92 Å². The fourth-order valence-electron chi connectivity index (χ4n) is 1.79. The van der Waals surface area contributed by atoms with Gasteiger partial charge in [0.05, 0.1) is 24.9 Å². The van der Waals surface area contributed by atoms with E-state index in [1.54, 1.807) is 26.5 Å². The lowest BCUT2D eigenvalue weighted by Crippen LogP contribution is -1.93. The third-order valence-electron chi connectivity index (χ3n) is 2.85. The molecule has 0 unspecified atom stereocenters. The van der Waals surface area contributed by atoms with E-state index < -0.39 is 0 Å². The van der Waals surface area contributed by atoms with Crippen molar-refractivity contribution in [2.75, 3.05) is 14.2 Å². The van der Waals surface area contributed by atoms with Gasteiger partial charge >= 0.3 is 0 Å². The van der Waals surface area contributed by atoms with E-state index in [1.165, 1.54) is 5.56 Å². The number of aryl methyl sites for hydroxylation is 1. The zero-order valence-corrected chi connectivity index (χ0v) is 12.4. The molecule has 0 aromatic heterocycles. The normalized spacial score (nSPS) is 10.8. The van der Waals surface area contributed by atoms with Gasteiger partial charge < -0.3 is 9.47 Å². The molecule has 0 heterocycles. The van der Waals surface area contributed by atoms with Crippen LogP contribution in [-0.2, 0) is 0 Å². The lowest BCUT2D eigenvalue weighted by molar-refractivity contribution is 0.355. The molecule has 0 saturated heterocycles. The SMILES string of the molecule is COc1cc(C=Nc2ccc(C)cc2)cc(Cl)c1OC. The first-order valence-electron chi connectivity index (χ1n) is 6.16. The third-order valence-corrected chi connectivity index (χ3v) is 3.13. The highest BCUT2D eigenvalue weighted by Crippen LogP contribution is 2.35. The Morgan fingerprint density at radius 2 is 1.75 bits per heavy atom. The number of rotatable bonds is 4. The summed E-state index contributed by atoms with van der Waals surface area (Å²) < 4.78 is 10.5. The highest BCUT2D eigenvalue weighted by atomic mass is 35.5. The van der Waals surface area contributed by atoms with Crippen LogP contribution in [0.2, 0.25) is 5.02 Å². The maximum atomic E-state index is 6.15. The van der Waals surface area contributed by atoms with Gasteiger partial charge in [-0.1, -0.05) is 29.3 Å². The molecule has 0 fully saturated rings. The number of halogens is 1. The summed E-state index contributed by atoms with van der Waals surface area (Å²) in [6, 6.07) is 11.6. The molecule has 0 amide bonds. The van der Waals surface area contributed by atoms with E-state index in [0.29, 0.717) is 16.5 Å². The Morgan fingerprint density at radius 1 is 1.05 bits per heavy atom. The first-order valence-corrected chi connectivity index (χ1v) is 6.54. The Hall–Kier alpha value is -2.00. The summed E-state index contributed by atoms with van der Waals surface area (Å²) in [5.41, 5.74) is 2.95. The van der Waals surface area contributed by atoms with Crippen LogP contribution in [0.15, 0.2) is 41.4 Å². The molecular formula is C16H16ClNO2. The number of hydrogen-bond acceptors (Lipinski definition) is 3. The Kier molecular flexibility index (Phi) is 4.64. The van der Waals surface area contributed by atoms with E-state index in [2.05, 4.69) is 4.99 Å². The summed E-state index contributed by atoms with van der Waals surface area (Å²) >= 11 is 6.15. The average molecular weight is 290 g/mol. The second-order valence-electron chi connectivity index (χ2n) is 4.33. The Balaban J connectivity index is 2.29. The van der Waals surface area contributed by atoms with Crippen LogP contribution in [0.5, 0.6) is 11.5 Å². The zero-order chi connectivity index (χ0) is 14.5. The lowest BCUT2D eigenvalue weighted by atomic mass is 10.2. The Bertz CT molecular complexity index is 621. The largest absolute Gasteiger partial charge is 0.493 e. The van der Waals surface area contributed by atoms with Crippen LogP contribution in [0.4, 0.5) is 5.69 Å². The minimum absolute atomic E-state index is 0.497. The number of aliphatic imine (C=N–C) groups is 1. The molecule has 3 nitrogen and oxygen atoms in total. The predicted molar refractivity (Wildman–Crippen MR) is 83.0 cm³/mol. The molecule has 4 heteroatoms. The molecule has 0 N–H and O–H groups in total. The highest BCUT2D eigenvalue weighted by molar-refractivity contribution is 6.32. The Morgan fingerprint density at radius 3 is 2.35 bits per heavy atom. The first kappa shape index (κ1) is 14.4.